The average molecular weight is 375 g/mol. The largest absolute Gasteiger partial charge is 0.348 e. The summed E-state index contributed by atoms with van der Waals surface area (Å²) in [4.78, 5) is 14.5. The standard InChI is InChI=1S/C19H25N3O3S/c1-21(2)14-16-10-8-15(9-11-16)13-20-19(23)17-6-5-7-18(12-17)26(24,25)22(3)4/h5-12H,13-14H2,1-4H3,(H,20,23). The number of amides is 1. The summed E-state index contributed by atoms with van der Waals surface area (Å²) < 4.78 is 25.5. The number of carbonyl (C=O) groups excluding carboxylic acids is 1. The Morgan fingerprint density at radius 1 is 0.962 bits per heavy atom. The highest BCUT2D eigenvalue weighted by atomic mass is 32.2. The minimum absolute atomic E-state index is 0.100. The van der Waals surface area contributed by atoms with E-state index in [2.05, 4.69) is 10.2 Å². The molecule has 0 atom stereocenters. The van der Waals surface area contributed by atoms with Gasteiger partial charge in [0.05, 0.1) is 4.90 Å². The van der Waals surface area contributed by atoms with Crippen molar-refractivity contribution in [3.05, 3.63) is 65.2 Å². The number of nitrogens with one attached hydrogen (secondary N) is 1. The predicted octanol–water partition coefficient (Wildman–Crippen LogP) is 1.93. The van der Waals surface area contributed by atoms with Gasteiger partial charge in [-0.3, -0.25) is 4.79 Å². The van der Waals surface area contributed by atoms with Gasteiger partial charge < -0.3 is 10.2 Å². The fraction of sp³-hybridized carbons (Fsp3) is 0.316. The van der Waals surface area contributed by atoms with Crippen molar-refractivity contribution in [2.45, 2.75) is 18.0 Å². The minimum atomic E-state index is -3.57. The molecular weight excluding hydrogens is 350 g/mol. The van der Waals surface area contributed by atoms with E-state index < -0.39 is 10.0 Å². The van der Waals surface area contributed by atoms with Crippen LogP contribution in [0.4, 0.5) is 0 Å². The van der Waals surface area contributed by atoms with Crippen molar-refractivity contribution in [1.82, 2.24) is 14.5 Å². The van der Waals surface area contributed by atoms with E-state index in [1.54, 1.807) is 12.1 Å². The molecule has 26 heavy (non-hydrogen) atoms. The zero-order valence-corrected chi connectivity index (χ0v) is 16.4. The topological polar surface area (TPSA) is 69.7 Å². The molecule has 2 aromatic carbocycles. The molecule has 0 saturated carbocycles. The Bertz CT molecular complexity index is 860. The lowest BCUT2D eigenvalue weighted by Crippen LogP contribution is -2.25. The van der Waals surface area contributed by atoms with Crippen molar-refractivity contribution in [3.63, 3.8) is 0 Å². The first kappa shape index (κ1) is 20.1. The van der Waals surface area contributed by atoms with Gasteiger partial charge in [-0.25, -0.2) is 12.7 Å². The number of sulfonamides is 1. The second-order valence-corrected chi connectivity index (χ2v) is 8.70. The molecule has 0 bridgehead atoms. The van der Waals surface area contributed by atoms with Crippen LogP contribution >= 0.6 is 0 Å². The predicted molar refractivity (Wildman–Crippen MR) is 102 cm³/mol. The van der Waals surface area contributed by atoms with E-state index in [9.17, 15) is 13.2 Å². The normalized spacial score (nSPS) is 11.8. The zero-order chi connectivity index (χ0) is 19.3. The van der Waals surface area contributed by atoms with Gasteiger partial charge in [-0.15, -0.1) is 0 Å². The molecule has 0 unspecified atom stereocenters. The molecule has 2 aromatic rings. The molecule has 0 aliphatic carbocycles. The Morgan fingerprint density at radius 3 is 2.15 bits per heavy atom. The van der Waals surface area contributed by atoms with Gasteiger partial charge in [-0.1, -0.05) is 30.3 Å². The molecule has 0 aromatic heterocycles. The zero-order valence-electron chi connectivity index (χ0n) is 15.6. The molecule has 0 spiro atoms. The highest BCUT2D eigenvalue weighted by Gasteiger charge is 2.18. The first-order chi connectivity index (χ1) is 12.2. The Hall–Kier alpha value is -2.22. The van der Waals surface area contributed by atoms with Crippen molar-refractivity contribution in [2.24, 2.45) is 0 Å². The summed E-state index contributed by atoms with van der Waals surface area (Å²) in [7, 11) is 3.38. The van der Waals surface area contributed by atoms with Crippen LogP contribution in [0.1, 0.15) is 21.5 Å². The molecular formula is C19H25N3O3S. The van der Waals surface area contributed by atoms with Crippen LogP contribution in [0.15, 0.2) is 53.4 Å². The highest BCUT2D eigenvalue weighted by molar-refractivity contribution is 7.89. The summed E-state index contributed by atoms with van der Waals surface area (Å²) in [5, 5.41) is 2.83. The van der Waals surface area contributed by atoms with Crippen molar-refractivity contribution < 1.29 is 13.2 Å². The molecule has 1 N–H and O–H groups in total. The van der Waals surface area contributed by atoms with E-state index in [1.807, 2.05) is 38.4 Å². The van der Waals surface area contributed by atoms with Gasteiger partial charge in [0, 0.05) is 32.7 Å². The SMILES string of the molecule is CN(C)Cc1ccc(CNC(=O)c2cccc(S(=O)(=O)N(C)C)c2)cc1. The van der Waals surface area contributed by atoms with E-state index in [-0.39, 0.29) is 10.8 Å². The molecule has 0 radical (unpaired) electrons. The maximum atomic E-state index is 12.4. The smallest absolute Gasteiger partial charge is 0.251 e. The maximum absolute atomic E-state index is 12.4. The Balaban J connectivity index is 2.04. The molecule has 0 aliphatic rings. The fourth-order valence-corrected chi connectivity index (χ4v) is 3.37. The van der Waals surface area contributed by atoms with Gasteiger partial charge in [0.1, 0.15) is 0 Å². The van der Waals surface area contributed by atoms with E-state index in [4.69, 9.17) is 0 Å². The molecule has 0 saturated heterocycles. The van der Waals surface area contributed by atoms with Gasteiger partial charge in [0.25, 0.3) is 5.91 Å². The van der Waals surface area contributed by atoms with Crippen LogP contribution in [0.3, 0.4) is 0 Å². The third-order valence-corrected chi connectivity index (χ3v) is 5.66. The van der Waals surface area contributed by atoms with Crippen molar-refractivity contribution in [1.29, 1.82) is 0 Å². The summed E-state index contributed by atoms with van der Waals surface area (Å²) in [6, 6.07) is 14.1. The lowest BCUT2D eigenvalue weighted by atomic mass is 10.1. The lowest BCUT2D eigenvalue weighted by Gasteiger charge is -2.12. The lowest BCUT2D eigenvalue weighted by molar-refractivity contribution is 0.0950. The number of nitrogens with zero attached hydrogens (tertiary/aromatic N) is 2. The molecule has 140 valence electrons. The highest BCUT2D eigenvalue weighted by Crippen LogP contribution is 2.15. The molecule has 7 heteroatoms. The minimum Gasteiger partial charge on any atom is -0.348 e. The maximum Gasteiger partial charge on any atom is 0.251 e. The van der Waals surface area contributed by atoms with Crippen molar-refractivity contribution in [3.8, 4) is 0 Å². The second kappa shape index (κ2) is 8.44. The third-order valence-electron chi connectivity index (χ3n) is 3.85. The first-order valence-corrected chi connectivity index (χ1v) is 9.67. The van der Waals surface area contributed by atoms with E-state index in [1.165, 1.54) is 31.8 Å². The molecule has 0 heterocycles. The Kier molecular flexibility index (Phi) is 6.52. The van der Waals surface area contributed by atoms with Crippen molar-refractivity contribution in [2.75, 3.05) is 28.2 Å². The van der Waals surface area contributed by atoms with Gasteiger partial charge in [0.2, 0.25) is 10.0 Å². The number of carbonyl (C=O) groups is 1. The molecule has 0 aliphatic heterocycles. The molecule has 2 rings (SSSR count). The van der Waals surface area contributed by atoms with E-state index in [0.29, 0.717) is 12.1 Å². The van der Waals surface area contributed by atoms with Crippen LogP contribution in [0, 0.1) is 0 Å². The number of benzene rings is 2. The van der Waals surface area contributed by atoms with Gasteiger partial charge in [-0.05, 0) is 43.4 Å². The molecule has 0 fully saturated rings. The number of rotatable bonds is 7. The monoisotopic (exact) mass is 375 g/mol. The quantitative estimate of drug-likeness (QED) is 0.803. The van der Waals surface area contributed by atoms with Crippen LogP contribution < -0.4 is 5.32 Å². The fourth-order valence-electron chi connectivity index (χ4n) is 2.42. The Labute approximate surface area is 155 Å². The first-order valence-electron chi connectivity index (χ1n) is 8.23. The van der Waals surface area contributed by atoms with Crippen LogP contribution in [0.25, 0.3) is 0 Å². The van der Waals surface area contributed by atoms with Crippen LogP contribution in [0.5, 0.6) is 0 Å². The third kappa shape index (κ3) is 5.14. The van der Waals surface area contributed by atoms with Crippen molar-refractivity contribution >= 4 is 15.9 Å². The summed E-state index contributed by atoms with van der Waals surface area (Å²) in [6.07, 6.45) is 0. The van der Waals surface area contributed by atoms with Gasteiger partial charge >= 0.3 is 0 Å². The van der Waals surface area contributed by atoms with E-state index in [0.717, 1.165) is 16.4 Å². The summed E-state index contributed by atoms with van der Waals surface area (Å²) in [5.74, 6) is -0.307. The van der Waals surface area contributed by atoms with Crippen LogP contribution in [0.2, 0.25) is 0 Å². The summed E-state index contributed by atoms with van der Waals surface area (Å²) in [5.41, 5.74) is 2.50. The Morgan fingerprint density at radius 2 is 1.58 bits per heavy atom. The second-order valence-electron chi connectivity index (χ2n) is 6.55. The van der Waals surface area contributed by atoms with Gasteiger partial charge in [-0.2, -0.15) is 0 Å². The summed E-state index contributed by atoms with van der Waals surface area (Å²) in [6.45, 7) is 1.24. The molecule has 6 nitrogen and oxygen atoms in total. The molecule has 1 amide bonds. The average Bonchev–Trinajstić information content (AvgIpc) is 2.60. The number of hydrogen-bond donors (Lipinski definition) is 1. The number of hydrogen-bond acceptors (Lipinski definition) is 4. The van der Waals surface area contributed by atoms with Crippen LogP contribution in [-0.2, 0) is 23.1 Å². The summed E-state index contributed by atoms with van der Waals surface area (Å²) >= 11 is 0. The van der Waals surface area contributed by atoms with Crippen LogP contribution in [-0.4, -0.2) is 51.7 Å². The van der Waals surface area contributed by atoms with Gasteiger partial charge in [0.15, 0.2) is 0 Å². The van der Waals surface area contributed by atoms with E-state index >= 15 is 0 Å².